The smallest absolute Gasteiger partial charge is 0.417 e. The van der Waals surface area contributed by atoms with Gasteiger partial charge in [0, 0.05) is 37.4 Å². The number of fused-ring (bicyclic) bond motifs is 1. The topological polar surface area (TPSA) is 65.8 Å². The van der Waals surface area contributed by atoms with Crippen molar-refractivity contribution in [3.05, 3.63) is 53.1 Å². The summed E-state index contributed by atoms with van der Waals surface area (Å²) < 4.78 is 50.1. The van der Waals surface area contributed by atoms with Gasteiger partial charge in [0.2, 0.25) is 6.79 Å². The van der Waals surface area contributed by atoms with Gasteiger partial charge in [0.25, 0.3) is 5.91 Å². The second kappa shape index (κ2) is 7.20. The quantitative estimate of drug-likeness (QED) is 0.770. The zero-order chi connectivity index (χ0) is 20.6. The van der Waals surface area contributed by atoms with Crippen molar-refractivity contribution in [3.63, 3.8) is 0 Å². The lowest BCUT2D eigenvalue weighted by Crippen LogP contribution is -2.48. The van der Waals surface area contributed by atoms with E-state index in [2.05, 4.69) is 0 Å². The van der Waals surface area contributed by atoms with E-state index in [-0.39, 0.29) is 12.7 Å². The predicted octanol–water partition coefficient (Wildman–Crippen LogP) is 3.27. The lowest BCUT2D eigenvalue weighted by Gasteiger charge is -2.36. The monoisotopic (exact) mass is 403 g/mol. The normalized spacial score (nSPS) is 15.9. The van der Waals surface area contributed by atoms with Gasteiger partial charge in [-0.05, 0) is 36.4 Å². The highest BCUT2D eigenvalue weighted by Crippen LogP contribution is 2.35. The fourth-order valence-corrected chi connectivity index (χ4v) is 3.44. The van der Waals surface area contributed by atoms with Gasteiger partial charge >= 0.3 is 6.18 Å². The van der Waals surface area contributed by atoms with Gasteiger partial charge in [0.1, 0.15) is 0 Å². The number of nitrogens with zero attached hydrogens (tertiary/aromatic N) is 3. The van der Waals surface area contributed by atoms with Crippen molar-refractivity contribution >= 4 is 11.6 Å². The van der Waals surface area contributed by atoms with E-state index >= 15 is 0 Å². The number of amides is 1. The summed E-state index contributed by atoms with van der Waals surface area (Å²) >= 11 is 0. The molecule has 29 heavy (non-hydrogen) atoms. The number of hydrogen-bond acceptors (Lipinski definition) is 5. The first kappa shape index (κ1) is 18.9. The number of halogens is 3. The molecule has 2 heterocycles. The first-order valence-corrected chi connectivity index (χ1v) is 8.92. The van der Waals surface area contributed by atoms with Crippen molar-refractivity contribution in [2.24, 2.45) is 0 Å². The van der Waals surface area contributed by atoms with Crippen LogP contribution < -0.4 is 14.4 Å². The molecular formula is C20H16F3N3O3. The first-order valence-electron chi connectivity index (χ1n) is 8.92. The molecule has 0 unspecified atom stereocenters. The third-order valence-corrected chi connectivity index (χ3v) is 4.98. The third-order valence-electron chi connectivity index (χ3n) is 4.98. The summed E-state index contributed by atoms with van der Waals surface area (Å²) in [7, 11) is 0. The number of carbonyl (C=O) groups is 1. The van der Waals surface area contributed by atoms with E-state index in [0.29, 0.717) is 48.9 Å². The number of alkyl halides is 3. The molecule has 1 fully saturated rings. The van der Waals surface area contributed by atoms with Crippen molar-refractivity contribution in [2.75, 3.05) is 37.9 Å². The first-order chi connectivity index (χ1) is 13.9. The lowest BCUT2D eigenvalue weighted by molar-refractivity contribution is -0.137. The third kappa shape index (κ3) is 3.66. The summed E-state index contributed by atoms with van der Waals surface area (Å²) in [6.45, 7) is 1.64. The minimum absolute atomic E-state index is 0.121. The number of hydrogen-bond donors (Lipinski definition) is 0. The van der Waals surface area contributed by atoms with Crippen molar-refractivity contribution in [1.82, 2.24) is 4.90 Å². The maximum absolute atomic E-state index is 13.2. The second-order valence-electron chi connectivity index (χ2n) is 6.69. The Morgan fingerprint density at radius 2 is 1.72 bits per heavy atom. The van der Waals surface area contributed by atoms with Crippen LogP contribution in [0.4, 0.5) is 18.9 Å². The molecule has 0 radical (unpaired) electrons. The molecule has 2 aromatic rings. The molecule has 9 heteroatoms. The Kier molecular flexibility index (Phi) is 4.70. The Balaban J connectivity index is 1.46. The molecule has 0 atom stereocenters. The van der Waals surface area contributed by atoms with E-state index in [0.717, 1.165) is 6.07 Å². The van der Waals surface area contributed by atoms with Gasteiger partial charge in [0.15, 0.2) is 11.5 Å². The molecule has 2 aliphatic heterocycles. The fourth-order valence-electron chi connectivity index (χ4n) is 3.44. The van der Waals surface area contributed by atoms with E-state index < -0.39 is 17.3 Å². The summed E-state index contributed by atoms with van der Waals surface area (Å²) in [6, 6.07) is 10.2. The highest BCUT2D eigenvalue weighted by molar-refractivity contribution is 5.95. The minimum Gasteiger partial charge on any atom is -0.454 e. The van der Waals surface area contributed by atoms with Crippen LogP contribution in [0.2, 0.25) is 0 Å². The number of anilines is 1. The molecule has 0 aliphatic carbocycles. The van der Waals surface area contributed by atoms with Gasteiger partial charge in [-0.25, -0.2) is 0 Å². The van der Waals surface area contributed by atoms with E-state index in [1.54, 1.807) is 34.1 Å². The van der Waals surface area contributed by atoms with Crippen molar-refractivity contribution < 1.29 is 27.4 Å². The van der Waals surface area contributed by atoms with E-state index in [1.807, 2.05) is 0 Å². The van der Waals surface area contributed by atoms with E-state index in [4.69, 9.17) is 14.7 Å². The standard InChI is InChI=1S/C20H16F3N3O3/c21-20(22,23)16-10-15(3-1-14(16)11-24)25-5-7-26(8-6-25)19(27)13-2-4-17-18(9-13)29-12-28-17/h1-4,9-10H,5-8,12H2. The summed E-state index contributed by atoms with van der Waals surface area (Å²) in [5.74, 6) is 0.943. The maximum Gasteiger partial charge on any atom is 0.417 e. The van der Waals surface area contributed by atoms with Gasteiger partial charge < -0.3 is 19.3 Å². The highest BCUT2D eigenvalue weighted by Gasteiger charge is 2.34. The molecule has 0 spiro atoms. The molecule has 150 valence electrons. The maximum atomic E-state index is 13.2. The average molecular weight is 403 g/mol. The van der Waals surface area contributed by atoms with Crippen molar-refractivity contribution in [1.29, 1.82) is 5.26 Å². The zero-order valence-electron chi connectivity index (χ0n) is 15.2. The summed E-state index contributed by atoms with van der Waals surface area (Å²) in [4.78, 5) is 16.2. The Morgan fingerprint density at radius 1 is 1.00 bits per heavy atom. The number of benzene rings is 2. The van der Waals surface area contributed by atoms with Gasteiger partial charge in [0.05, 0.1) is 17.2 Å². The average Bonchev–Trinajstić information content (AvgIpc) is 3.20. The molecule has 1 amide bonds. The SMILES string of the molecule is N#Cc1ccc(N2CCN(C(=O)c3ccc4c(c3)OCO4)CC2)cc1C(F)(F)F. The largest absolute Gasteiger partial charge is 0.454 e. The van der Waals surface area contributed by atoms with Crippen LogP contribution in [0.3, 0.4) is 0 Å². The second-order valence-corrected chi connectivity index (χ2v) is 6.69. The van der Waals surface area contributed by atoms with E-state index in [9.17, 15) is 18.0 Å². The molecule has 0 N–H and O–H groups in total. The number of piperazine rings is 1. The molecule has 1 saturated heterocycles. The fraction of sp³-hybridized carbons (Fsp3) is 0.300. The number of ether oxygens (including phenoxy) is 2. The number of rotatable bonds is 2. The molecule has 2 aliphatic rings. The molecule has 2 aromatic carbocycles. The predicted molar refractivity (Wildman–Crippen MR) is 96.8 cm³/mol. The van der Waals surface area contributed by atoms with Crippen LogP contribution in [0.25, 0.3) is 0 Å². The number of nitriles is 1. The lowest BCUT2D eigenvalue weighted by atomic mass is 10.1. The van der Waals surface area contributed by atoms with Gasteiger partial charge in [-0.15, -0.1) is 0 Å². The van der Waals surface area contributed by atoms with Crippen LogP contribution in [0, 0.1) is 11.3 Å². The molecule has 0 aromatic heterocycles. The van der Waals surface area contributed by atoms with Crippen LogP contribution in [0.15, 0.2) is 36.4 Å². The molecule has 0 bridgehead atoms. The van der Waals surface area contributed by atoms with Crippen molar-refractivity contribution in [3.8, 4) is 17.6 Å². The van der Waals surface area contributed by atoms with Crippen LogP contribution in [-0.2, 0) is 6.18 Å². The Bertz CT molecular complexity index is 993. The van der Waals surface area contributed by atoms with Crippen LogP contribution in [0.1, 0.15) is 21.5 Å². The Hall–Kier alpha value is -3.41. The summed E-state index contributed by atoms with van der Waals surface area (Å²) in [5, 5.41) is 8.92. The zero-order valence-corrected chi connectivity index (χ0v) is 15.2. The van der Waals surface area contributed by atoms with Crippen LogP contribution in [0.5, 0.6) is 11.5 Å². The van der Waals surface area contributed by atoms with Gasteiger partial charge in [-0.1, -0.05) is 0 Å². The minimum atomic E-state index is -4.60. The van der Waals surface area contributed by atoms with E-state index in [1.165, 1.54) is 12.1 Å². The van der Waals surface area contributed by atoms with Crippen LogP contribution in [-0.4, -0.2) is 43.8 Å². The van der Waals surface area contributed by atoms with Crippen molar-refractivity contribution in [2.45, 2.75) is 6.18 Å². The Labute approximate surface area is 164 Å². The molecule has 4 rings (SSSR count). The molecule has 0 saturated carbocycles. The molecular weight excluding hydrogens is 387 g/mol. The Morgan fingerprint density at radius 3 is 2.41 bits per heavy atom. The summed E-state index contributed by atoms with van der Waals surface area (Å²) in [6.07, 6.45) is -4.60. The summed E-state index contributed by atoms with van der Waals surface area (Å²) in [5.41, 5.74) is -0.499. The van der Waals surface area contributed by atoms with Crippen LogP contribution >= 0.6 is 0 Å². The van der Waals surface area contributed by atoms with Gasteiger partial charge in [-0.2, -0.15) is 18.4 Å². The highest BCUT2D eigenvalue weighted by atomic mass is 19.4. The molecule has 6 nitrogen and oxygen atoms in total. The van der Waals surface area contributed by atoms with Gasteiger partial charge in [-0.3, -0.25) is 4.79 Å². The number of carbonyl (C=O) groups excluding carboxylic acids is 1.